The van der Waals surface area contributed by atoms with Gasteiger partial charge in [0.25, 0.3) is 0 Å². The van der Waals surface area contributed by atoms with Gasteiger partial charge in [0.1, 0.15) is 0 Å². The molecule has 0 aromatic carbocycles. The third-order valence-electron chi connectivity index (χ3n) is 1.69. The van der Waals surface area contributed by atoms with Crippen molar-refractivity contribution >= 4 is 11.3 Å². The number of hydrogen-bond donors (Lipinski definition) is 1. The zero-order valence-corrected chi connectivity index (χ0v) is 6.56. The average molecular weight is 164 g/mol. The quantitative estimate of drug-likeness (QED) is 0.577. The molecule has 12 heavy (non-hydrogen) atoms. The number of anilines is 1. The van der Waals surface area contributed by atoms with E-state index in [0.29, 0.717) is 11.3 Å². The summed E-state index contributed by atoms with van der Waals surface area (Å²) in [5.41, 5.74) is 6.53. The van der Waals surface area contributed by atoms with Crippen molar-refractivity contribution in [1.29, 1.82) is 0 Å². The first-order valence-corrected chi connectivity index (χ1v) is 3.49. The summed E-state index contributed by atoms with van der Waals surface area (Å²) in [5, 5.41) is 3.96. The minimum absolute atomic E-state index is 0.162. The number of nitrogens with zero attached hydrogens (tertiary/aromatic N) is 3. The highest BCUT2D eigenvalue weighted by atomic mass is 16.2. The van der Waals surface area contributed by atoms with Gasteiger partial charge in [-0.3, -0.25) is 4.40 Å². The molecule has 0 atom stereocenters. The lowest BCUT2D eigenvalue weighted by Crippen LogP contribution is -2.17. The Hall–Kier alpha value is -1.78. The van der Waals surface area contributed by atoms with Crippen LogP contribution in [0.25, 0.3) is 5.65 Å². The van der Waals surface area contributed by atoms with E-state index in [0.717, 1.165) is 0 Å². The van der Waals surface area contributed by atoms with Crippen molar-refractivity contribution in [2.24, 2.45) is 7.05 Å². The van der Waals surface area contributed by atoms with Gasteiger partial charge in [-0.2, -0.15) is 5.10 Å². The van der Waals surface area contributed by atoms with E-state index in [4.69, 9.17) is 5.73 Å². The maximum atomic E-state index is 11.3. The molecule has 0 saturated heterocycles. The van der Waals surface area contributed by atoms with Gasteiger partial charge >= 0.3 is 5.69 Å². The molecule has 2 heterocycles. The summed E-state index contributed by atoms with van der Waals surface area (Å²) in [5.74, 6) is 0. The Morgan fingerprint density at radius 3 is 3.08 bits per heavy atom. The van der Waals surface area contributed by atoms with Gasteiger partial charge in [-0.1, -0.05) is 0 Å². The van der Waals surface area contributed by atoms with Gasteiger partial charge in [0.2, 0.25) is 0 Å². The minimum Gasteiger partial charge on any atom is -0.399 e. The highest BCUT2D eigenvalue weighted by Crippen LogP contribution is 2.02. The summed E-state index contributed by atoms with van der Waals surface area (Å²) < 4.78 is 2.71. The Labute approximate surface area is 68.0 Å². The molecule has 2 aromatic rings. The molecule has 5 heteroatoms. The summed E-state index contributed by atoms with van der Waals surface area (Å²) in [6.45, 7) is 0. The van der Waals surface area contributed by atoms with E-state index < -0.39 is 0 Å². The topological polar surface area (TPSA) is 65.3 Å². The Kier molecular flexibility index (Phi) is 1.21. The fraction of sp³-hybridized carbons (Fsp3) is 0.143. The number of aryl methyl sites for hydroxylation is 1. The van der Waals surface area contributed by atoms with Gasteiger partial charge < -0.3 is 5.73 Å². The van der Waals surface area contributed by atoms with Crippen LogP contribution >= 0.6 is 0 Å². The molecule has 5 nitrogen and oxygen atoms in total. The molecule has 0 unspecified atom stereocenters. The van der Waals surface area contributed by atoms with Gasteiger partial charge in [-0.05, 0) is 6.07 Å². The lowest BCUT2D eigenvalue weighted by molar-refractivity contribution is 0.733. The van der Waals surface area contributed by atoms with Crippen LogP contribution in [-0.2, 0) is 7.05 Å². The first-order chi connectivity index (χ1) is 5.68. The van der Waals surface area contributed by atoms with Crippen molar-refractivity contribution in [3.8, 4) is 0 Å². The number of fused-ring (bicyclic) bond motifs is 1. The van der Waals surface area contributed by atoms with Crippen LogP contribution < -0.4 is 11.4 Å². The van der Waals surface area contributed by atoms with Crippen molar-refractivity contribution < 1.29 is 0 Å². The lowest BCUT2D eigenvalue weighted by Gasteiger charge is -1.90. The predicted molar refractivity (Wildman–Crippen MR) is 44.8 cm³/mol. The summed E-state index contributed by atoms with van der Waals surface area (Å²) in [4.78, 5) is 11.3. The number of nitrogen functional groups attached to an aromatic ring is 1. The van der Waals surface area contributed by atoms with Gasteiger partial charge in [0, 0.05) is 25.0 Å². The third kappa shape index (κ3) is 0.795. The monoisotopic (exact) mass is 164 g/mol. The van der Waals surface area contributed by atoms with E-state index in [1.165, 1.54) is 9.08 Å². The summed E-state index contributed by atoms with van der Waals surface area (Å²) >= 11 is 0. The standard InChI is InChI=1S/C7H8N4O/c1-10-7(12)11-3-2-5(8)4-6(11)9-10/h2-4H,8H2,1H3. The van der Waals surface area contributed by atoms with Gasteiger partial charge in [0.15, 0.2) is 5.65 Å². The number of pyridine rings is 1. The number of rotatable bonds is 0. The number of aromatic nitrogens is 3. The molecule has 0 spiro atoms. The fourth-order valence-electron chi connectivity index (χ4n) is 1.09. The van der Waals surface area contributed by atoms with Crippen LogP contribution in [0.3, 0.4) is 0 Å². The molecule has 2 rings (SSSR count). The molecule has 0 bridgehead atoms. The molecule has 0 aliphatic carbocycles. The average Bonchev–Trinajstić information content (AvgIpc) is 2.28. The van der Waals surface area contributed by atoms with Gasteiger partial charge in [-0.15, -0.1) is 0 Å². The van der Waals surface area contributed by atoms with E-state index in [2.05, 4.69) is 5.10 Å². The zero-order chi connectivity index (χ0) is 8.72. The SMILES string of the molecule is Cn1nc2cc(N)ccn2c1=O. The lowest BCUT2D eigenvalue weighted by atomic mass is 10.4. The van der Waals surface area contributed by atoms with Crippen molar-refractivity contribution in [3.63, 3.8) is 0 Å². The first-order valence-electron chi connectivity index (χ1n) is 3.49. The third-order valence-corrected chi connectivity index (χ3v) is 1.69. The normalized spacial score (nSPS) is 10.8. The van der Waals surface area contributed by atoms with E-state index in [1.54, 1.807) is 25.4 Å². The highest BCUT2D eigenvalue weighted by Gasteiger charge is 2.01. The molecule has 2 N–H and O–H groups in total. The van der Waals surface area contributed by atoms with Crippen LogP contribution in [0.5, 0.6) is 0 Å². The van der Waals surface area contributed by atoms with E-state index in [1.807, 2.05) is 0 Å². The molecular formula is C7H8N4O. The second-order valence-electron chi connectivity index (χ2n) is 2.59. The fourth-order valence-corrected chi connectivity index (χ4v) is 1.09. The van der Waals surface area contributed by atoms with E-state index >= 15 is 0 Å². The summed E-state index contributed by atoms with van der Waals surface area (Å²) in [7, 11) is 1.60. The largest absolute Gasteiger partial charge is 0.399 e. The number of nitrogens with two attached hydrogens (primary N) is 1. The Balaban J connectivity index is 2.97. The molecule has 0 amide bonds. The Morgan fingerprint density at radius 1 is 1.58 bits per heavy atom. The molecule has 0 radical (unpaired) electrons. The van der Waals surface area contributed by atoms with Crippen LogP contribution in [0.4, 0.5) is 5.69 Å². The van der Waals surface area contributed by atoms with Crippen LogP contribution in [0, 0.1) is 0 Å². The van der Waals surface area contributed by atoms with Crippen molar-refractivity contribution in [2.45, 2.75) is 0 Å². The molecule has 0 saturated carbocycles. The Morgan fingerprint density at radius 2 is 2.33 bits per heavy atom. The maximum absolute atomic E-state index is 11.3. The van der Waals surface area contributed by atoms with Crippen molar-refractivity contribution in [3.05, 3.63) is 28.8 Å². The van der Waals surface area contributed by atoms with E-state index in [9.17, 15) is 4.79 Å². The number of hydrogen-bond acceptors (Lipinski definition) is 3. The molecule has 2 aromatic heterocycles. The summed E-state index contributed by atoms with van der Waals surface area (Å²) in [6, 6.07) is 3.32. The van der Waals surface area contributed by atoms with Crippen molar-refractivity contribution in [1.82, 2.24) is 14.2 Å². The van der Waals surface area contributed by atoms with Crippen LogP contribution in [0.15, 0.2) is 23.1 Å². The van der Waals surface area contributed by atoms with Crippen molar-refractivity contribution in [2.75, 3.05) is 5.73 Å². The van der Waals surface area contributed by atoms with E-state index in [-0.39, 0.29) is 5.69 Å². The second kappa shape index (κ2) is 2.10. The smallest absolute Gasteiger partial charge is 0.350 e. The molecule has 0 aliphatic rings. The second-order valence-corrected chi connectivity index (χ2v) is 2.59. The van der Waals surface area contributed by atoms with Crippen LogP contribution in [-0.4, -0.2) is 14.2 Å². The first kappa shape index (κ1) is 6.90. The predicted octanol–water partition coefficient (Wildman–Crippen LogP) is -0.385. The maximum Gasteiger partial charge on any atom is 0.350 e. The molecule has 62 valence electrons. The van der Waals surface area contributed by atoms with Gasteiger partial charge in [0.05, 0.1) is 0 Å². The Bertz CT molecular complexity index is 482. The molecule has 0 fully saturated rings. The highest BCUT2D eigenvalue weighted by molar-refractivity contribution is 5.50. The molecule has 0 aliphatic heterocycles. The molecular weight excluding hydrogens is 156 g/mol. The van der Waals surface area contributed by atoms with Gasteiger partial charge in [-0.25, -0.2) is 9.48 Å². The summed E-state index contributed by atoms with van der Waals surface area (Å²) in [6.07, 6.45) is 1.61. The zero-order valence-electron chi connectivity index (χ0n) is 6.56. The van der Waals surface area contributed by atoms with Crippen LogP contribution in [0.1, 0.15) is 0 Å². The minimum atomic E-state index is -0.162. The van der Waals surface area contributed by atoms with Crippen LogP contribution in [0.2, 0.25) is 0 Å².